The van der Waals surface area contributed by atoms with Crippen molar-refractivity contribution >= 4 is 11.4 Å². The molecule has 5 nitrogen and oxygen atoms in total. The van der Waals surface area contributed by atoms with Gasteiger partial charge in [0.25, 0.3) is 5.69 Å². The summed E-state index contributed by atoms with van der Waals surface area (Å²) in [6.07, 6.45) is 2.10. The Hall–Kier alpha value is -2.40. The molecule has 3 rings (SSSR count). The number of rotatable bonds is 5. The highest BCUT2D eigenvalue weighted by molar-refractivity contribution is 5.51. The van der Waals surface area contributed by atoms with E-state index in [-0.39, 0.29) is 10.6 Å². The largest absolute Gasteiger partial charge is 0.382 e. The molecule has 2 aromatic rings. The number of nitro benzene ring substituents is 1. The van der Waals surface area contributed by atoms with Gasteiger partial charge < -0.3 is 5.32 Å². The van der Waals surface area contributed by atoms with Crippen LogP contribution in [-0.4, -0.2) is 29.0 Å². The van der Waals surface area contributed by atoms with E-state index in [4.69, 9.17) is 0 Å². The number of nitro groups is 1. The summed E-state index contributed by atoms with van der Waals surface area (Å²) in [6.45, 7) is 4.67. The molecule has 0 aromatic heterocycles. The first kappa shape index (κ1) is 16.5. The van der Waals surface area contributed by atoms with E-state index in [0.29, 0.717) is 12.6 Å². The minimum Gasteiger partial charge on any atom is -0.382 e. The molecule has 126 valence electrons. The average Bonchev–Trinajstić information content (AvgIpc) is 2.59. The lowest BCUT2D eigenvalue weighted by Crippen LogP contribution is -2.38. The summed E-state index contributed by atoms with van der Waals surface area (Å²) in [5.74, 6) is 0. The van der Waals surface area contributed by atoms with Crippen molar-refractivity contribution in [2.75, 3.05) is 18.4 Å². The van der Waals surface area contributed by atoms with Crippen LogP contribution in [0.25, 0.3) is 0 Å². The van der Waals surface area contributed by atoms with E-state index in [9.17, 15) is 10.1 Å². The van der Waals surface area contributed by atoms with Gasteiger partial charge in [0.05, 0.1) is 4.92 Å². The fourth-order valence-corrected chi connectivity index (χ4v) is 3.25. The minimum absolute atomic E-state index is 0.220. The second kappa shape index (κ2) is 7.45. The van der Waals surface area contributed by atoms with E-state index in [1.54, 1.807) is 12.1 Å². The lowest BCUT2D eigenvalue weighted by atomic mass is 10.0. The number of nitrogens with zero attached hydrogens (tertiary/aromatic N) is 2. The summed E-state index contributed by atoms with van der Waals surface area (Å²) >= 11 is 0. The number of piperidine rings is 1. The van der Waals surface area contributed by atoms with Gasteiger partial charge in [0, 0.05) is 43.0 Å². The topological polar surface area (TPSA) is 58.4 Å². The maximum atomic E-state index is 11.1. The van der Waals surface area contributed by atoms with Crippen molar-refractivity contribution in [1.29, 1.82) is 0 Å². The van der Waals surface area contributed by atoms with Gasteiger partial charge in [-0.25, -0.2) is 0 Å². The fraction of sp³-hybridized carbons (Fsp3) is 0.368. The number of aryl methyl sites for hydroxylation is 1. The molecule has 24 heavy (non-hydrogen) atoms. The number of anilines is 1. The lowest BCUT2D eigenvalue weighted by Gasteiger charge is -2.33. The first-order chi connectivity index (χ1) is 11.6. The van der Waals surface area contributed by atoms with Gasteiger partial charge in [0.1, 0.15) is 0 Å². The molecule has 0 spiro atoms. The van der Waals surface area contributed by atoms with Gasteiger partial charge in [0.15, 0.2) is 0 Å². The molecular weight excluding hydrogens is 302 g/mol. The molecule has 0 bridgehead atoms. The number of hydrogen-bond acceptors (Lipinski definition) is 4. The molecule has 0 atom stereocenters. The van der Waals surface area contributed by atoms with Crippen LogP contribution in [0.3, 0.4) is 0 Å². The summed E-state index contributed by atoms with van der Waals surface area (Å²) in [4.78, 5) is 13.1. The van der Waals surface area contributed by atoms with Crippen molar-refractivity contribution in [3.05, 3.63) is 69.8 Å². The van der Waals surface area contributed by atoms with Gasteiger partial charge in [-0.3, -0.25) is 15.0 Å². The highest BCUT2D eigenvalue weighted by Gasteiger charge is 2.22. The highest BCUT2D eigenvalue weighted by atomic mass is 16.6. The van der Waals surface area contributed by atoms with Crippen molar-refractivity contribution in [3.63, 3.8) is 0 Å². The summed E-state index contributed by atoms with van der Waals surface area (Å²) < 4.78 is 0. The Bertz CT molecular complexity index is 709. The van der Waals surface area contributed by atoms with Crippen LogP contribution in [0.15, 0.2) is 48.5 Å². The highest BCUT2D eigenvalue weighted by Crippen LogP contribution is 2.23. The number of para-hydroxylation sites is 2. The van der Waals surface area contributed by atoms with Crippen molar-refractivity contribution in [2.45, 2.75) is 32.4 Å². The first-order valence-electron chi connectivity index (χ1n) is 8.40. The Morgan fingerprint density at radius 2 is 1.79 bits per heavy atom. The molecule has 1 aliphatic heterocycles. The molecule has 5 heteroatoms. The van der Waals surface area contributed by atoms with Gasteiger partial charge in [-0.05, 0) is 31.4 Å². The van der Waals surface area contributed by atoms with Crippen LogP contribution in [0.2, 0.25) is 0 Å². The number of nitrogens with one attached hydrogen (secondary N) is 1. The van der Waals surface area contributed by atoms with Crippen molar-refractivity contribution < 1.29 is 4.92 Å². The third-order valence-electron chi connectivity index (χ3n) is 4.67. The quantitative estimate of drug-likeness (QED) is 0.667. The maximum Gasteiger partial charge on any atom is 0.273 e. The first-order valence-corrected chi connectivity index (χ1v) is 8.40. The molecule has 0 radical (unpaired) electrons. The van der Waals surface area contributed by atoms with Gasteiger partial charge in [-0.2, -0.15) is 0 Å². The van der Waals surface area contributed by atoms with E-state index in [1.807, 2.05) is 12.1 Å². The number of likely N-dealkylation sites (tertiary alicyclic amines) is 1. The Morgan fingerprint density at radius 3 is 2.50 bits per heavy atom. The van der Waals surface area contributed by atoms with Crippen LogP contribution in [0, 0.1) is 17.0 Å². The summed E-state index contributed by atoms with van der Waals surface area (Å²) in [6, 6.07) is 15.8. The molecule has 2 aromatic carbocycles. The molecular formula is C19H23N3O2. The third-order valence-corrected chi connectivity index (χ3v) is 4.67. The zero-order chi connectivity index (χ0) is 16.9. The number of hydrogen-bond donors (Lipinski definition) is 1. The smallest absolute Gasteiger partial charge is 0.273 e. The normalized spacial score (nSPS) is 16.0. The molecule has 1 saturated heterocycles. The van der Waals surface area contributed by atoms with Crippen molar-refractivity contribution in [3.8, 4) is 0 Å². The van der Waals surface area contributed by atoms with Crippen LogP contribution in [0.1, 0.15) is 24.0 Å². The second-order valence-electron chi connectivity index (χ2n) is 6.40. The minimum atomic E-state index is -0.290. The zero-order valence-electron chi connectivity index (χ0n) is 13.9. The SMILES string of the molecule is Cc1ccccc1NC1CCN(Cc2ccccc2[N+](=O)[O-])CC1. The Kier molecular flexibility index (Phi) is 5.11. The molecule has 0 aliphatic carbocycles. The van der Waals surface area contributed by atoms with Gasteiger partial charge in [-0.1, -0.05) is 36.4 Å². The van der Waals surface area contributed by atoms with Crippen LogP contribution < -0.4 is 5.32 Å². The van der Waals surface area contributed by atoms with E-state index < -0.39 is 0 Å². The maximum absolute atomic E-state index is 11.1. The molecule has 1 fully saturated rings. The molecule has 0 amide bonds. The molecule has 1 N–H and O–H groups in total. The zero-order valence-corrected chi connectivity index (χ0v) is 13.9. The summed E-state index contributed by atoms with van der Waals surface area (Å²) in [5.41, 5.74) is 3.49. The van der Waals surface area contributed by atoms with E-state index in [1.165, 1.54) is 11.3 Å². The third kappa shape index (κ3) is 3.92. The molecule has 1 aliphatic rings. The second-order valence-corrected chi connectivity index (χ2v) is 6.40. The Morgan fingerprint density at radius 1 is 1.12 bits per heavy atom. The van der Waals surface area contributed by atoms with Crippen molar-refractivity contribution in [1.82, 2.24) is 4.90 Å². The van der Waals surface area contributed by atoms with Gasteiger partial charge >= 0.3 is 0 Å². The molecule has 0 saturated carbocycles. The predicted octanol–water partition coefficient (Wildman–Crippen LogP) is 3.98. The Balaban J connectivity index is 1.56. The lowest BCUT2D eigenvalue weighted by molar-refractivity contribution is -0.385. The summed E-state index contributed by atoms with van der Waals surface area (Å²) in [7, 11) is 0. The van der Waals surface area contributed by atoms with Crippen LogP contribution >= 0.6 is 0 Å². The van der Waals surface area contributed by atoms with Crippen LogP contribution in [-0.2, 0) is 6.54 Å². The van der Waals surface area contributed by atoms with E-state index >= 15 is 0 Å². The molecule has 1 heterocycles. The Labute approximate surface area is 142 Å². The van der Waals surface area contributed by atoms with E-state index in [0.717, 1.165) is 31.5 Å². The average molecular weight is 325 g/mol. The number of benzene rings is 2. The van der Waals surface area contributed by atoms with Gasteiger partial charge in [-0.15, -0.1) is 0 Å². The predicted molar refractivity (Wildman–Crippen MR) is 96.2 cm³/mol. The van der Waals surface area contributed by atoms with Crippen LogP contribution in [0.5, 0.6) is 0 Å². The van der Waals surface area contributed by atoms with E-state index in [2.05, 4.69) is 41.4 Å². The monoisotopic (exact) mass is 325 g/mol. The summed E-state index contributed by atoms with van der Waals surface area (Å²) in [5, 5.41) is 14.8. The standard InChI is InChI=1S/C19H23N3O2/c1-15-6-2-4-8-18(15)20-17-10-12-21(13-11-17)14-16-7-3-5-9-19(16)22(23)24/h2-9,17,20H,10-14H2,1H3. The van der Waals surface area contributed by atoms with Crippen LogP contribution in [0.4, 0.5) is 11.4 Å². The molecule has 0 unspecified atom stereocenters. The fourth-order valence-electron chi connectivity index (χ4n) is 3.25. The van der Waals surface area contributed by atoms with Gasteiger partial charge in [0.2, 0.25) is 0 Å². The van der Waals surface area contributed by atoms with Crippen molar-refractivity contribution in [2.24, 2.45) is 0 Å².